The molecule has 2 heterocycles. The zero-order chi connectivity index (χ0) is 17.5. The van der Waals surface area contributed by atoms with Gasteiger partial charge in [0.1, 0.15) is 5.76 Å². The maximum absolute atomic E-state index is 12.2. The summed E-state index contributed by atoms with van der Waals surface area (Å²) in [5.41, 5.74) is 2.21. The molecule has 25 heavy (non-hydrogen) atoms. The van der Waals surface area contributed by atoms with Crippen molar-refractivity contribution in [1.29, 1.82) is 0 Å². The summed E-state index contributed by atoms with van der Waals surface area (Å²) in [7, 11) is 0. The van der Waals surface area contributed by atoms with E-state index in [1.807, 2.05) is 49.4 Å². The second kappa shape index (κ2) is 8.65. The van der Waals surface area contributed by atoms with Crippen LogP contribution < -0.4 is 5.32 Å². The van der Waals surface area contributed by atoms with Gasteiger partial charge in [-0.2, -0.15) is 0 Å². The molecule has 1 unspecified atom stereocenters. The van der Waals surface area contributed by atoms with Crippen molar-refractivity contribution in [3.05, 3.63) is 65.6 Å². The van der Waals surface area contributed by atoms with Crippen LogP contribution in [0.25, 0.3) is 6.08 Å². The lowest BCUT2D eigenvalue weighted by Crippen LogP contribution is -2.43. The first-order valence-corrected chi connectivity index (χ1v) is 8.60. The molecule has 1 saturated heterocycles. The lowest BCUT2D eigenvalue weighted by Gasteiger charge is -2.33. The molecule has 1 fully saturated rings. The molecule has 0 aliphatic carbocycles. The molecule has 3 rings (SSSR count). The maximum Gasteiger partial charge on any atom is 0.244 e. The molecule has 1 N–H and O–H groups in total. The van der Waals surface area contributed by atoms with Gasteiger partial charge in [-0.1, -0.05) is 29.8 Å². The molecule has 1 aliphatic heterocycles. The highest BCUT2D eigenvalue weighted by atomic mass is 16.5. The Morgan fingerprint density at radius 2 is 2.00 bits per heavy atom. The summed E-state index contributed by atoms with van der Waals surface area (Å²) in [5, 5.41) is 2.98. The largest absolute Gasteiger partial charge is 0.468 e. The van der Waals surface area contributed by atoms with Crippen molar-refractivity contribution in [2.24, 2.45) is 0 Å². The van der Waals surface area contributed by atoms with Gasteiger partial charge in [0, 0.05) is 25.7 Å². The Labute approximate surface area is 148 Å². The number of carbonyl (C=O) groups is 1. The number of nitrogens with zero attached hydrogens (tertiary/aromatic N) is 1. The van der Waals surface area contributed by atoms with Crippen molar-refractivity contribution in [1.82, 2.24) is 10.2 Å². The zero-order valence-corrected chi connectivity index (χ0v) is 14.5. The topological polar surface area (TPSA) is 54.7 Å². The number of carbonyl (C=O) groups excluding carboxylic acids is 1. The zero-order valence-electron chi connectivity index (χ0n) is 14.5. The van der Waals surface area contributed by atoms with E-state index in [2.05, 4.69) is 10.2 Å². The molecule has 132 valence electrons. The van der Waals surface area contributed by atoms with Crippen LogP contribution in [0.5, 0.6) is 0 Å². The fraction of sp³-hybridized carbons (Fsp3) is 0.350. The minimum absolute atomic E-state index is 0.0237. The highest BCUT2D eigenvalue weighted by molar-refractivity contribution is 5.91. The van der Waals surface area contributed by atoms with Crippen molar-refractivity contribution < 1.29 is 13.9 Å². The molecular formula is C20H24N2O3. The highest BCUT2D eigenvalue weighted by Gasteiger charge is 2.24. The maximum atomic E-state index is 12.2. The number of nitrogens with one attached hydrogen (secondary N) is 1. The van der Waals surface area contributed by atoms with E-state index in [0.717, 1.165) is 24.4 Å². The minimum atomic E-state index is -0.106. The van der Waals surface area contributed by atoms with Crippen LogP contribution in [0, 0.1) is 6.92 Å². The van der Waals surface area contributed by atoms with Crippen LogP contribution in [-0.2, 0) is 9.53 Å². The first kappa shape index (κ1) is 17.5. The first-order valence-electron chi connectivity index (χ1n) is 8.60. The second-order valence-electron chi connectivity index (χ2n) is 6.17. The van der Waals surface area contributed by atoms with Gasteiger partial charge in [0.25, 0.3) is 0 Å². The van der Waals surface area contributed by atoms with Crippen LogP contribution in [0.2, 0.25) is 0 Å². The summed E-state index contributed by atoms with van der Waals surface area (Å²) in [6.45, 7) is 5.63. The van der Waals surface area contributed by atoms with Crippen molar-refractivity contribution in [3.63, 3.8) is 0 Å². The Hall–Kier alpha value is -2.37. The minimum Gasteiger partial charge on any atom is -0.468 e. The summed E-state index contributed by atoms with van der Waals surface area (Å²) in [6.07, 6.45) is 5.07. The summed E-state index contributed by atoms with van der Waals surface area (Å²) < 4.78 is 11.0. The van der Waals surface area contributed by atoms with Crippen molar-refractivity contribution >= 4 is 12.0 Å². The molecule has 0 bridgehead atoms. The summed E-state index contributed by atoms with van der Waals surface area (Å²) in [4.78, 5) is 14.5. The van der Waals surface area contributed by atoms with Gasteiger partial charge in [-0.3, -0.25) is 9.69 Å². The smallest absolute Gasteiger partial charge is 0.244 e. The van der Waals surface area contributed by atoms with Gasteiger partial charge in [0.2, 0.25) is 5.91 Å². The Balaban J connectivity index is 1.58. The number of rotatable bonds is 6. The molecule has 1 aromatic heterocycles. The third-order valence-corrected chi connectivity index (χ3v) is 4.33. The molecule has 1 atom stereocenters. The molecule has 2 aromatic rings. The van der Waals surface area contributed by atoms with Crippen LogP contribution in [0.15, 0.2) is 53.2 Å². The number of hydrogen-bond donors (Lipinski definition) is 1. The van der Waals surface area contributed by atoms with E-state index < -0.39 is 0 Å². The van der Waals surface area contributed by atoms with Crippen molar-refractivity contribution in [2.45, 2.75) is 13.0 Å². The number of morpholine rings is 1. The van der Waals surface area contributed by atoms with Gasteiger partial charge in [0.15, 0.2) is 0 Å². The van der Waals surface area contributed by atoms with Gasteiger partial charge >= 0.3 is 0 Å². The molecular weight excluding hydrogens is 316 g/mol. The van der Waals surface area contributed by atoms with Crippen LogP contribution >= 0.6 is 0 Å². The lowest BCUT2D eigenvalue weighted by molar-refractivity contribution is -0.116. The number of benzene rings is 1. The van der Waals surface area contributed by atoms with Crippen LogP contribution in [0.1, 0.15) is 22.9 Å². The molecule has 1 aliphatic rings. The van der Waals surface area contributed by atoms with E-state index in [4.69, 9.17) is 9.15 Å². The van der Waals surface area contributed by atoms with E-state index in [0.29, 0.717) is 19.8 Å². The monoisotopic (exact) mass is 340 g/mol. The van der Waals surface area contributed by atoms with Crippen LogP contribution in [-0.4, -0.2) is 43.7 Å². The number of ether oxygens (including phenoxy) is 1. The van der Waals surface area contributed by atoms with Gasteiger partial charge < -0.3 is 14.5 Å². The Bertz CT molecular complexity index is 686. The highest BCUT2D eigenvalue weighted by Crippen LogP contribution is 2.21. The normalized spacial score (nSPS) is 16.8. The van der Waals surface area contributed by atoms with E-state index >= 15 is 0 Å². The average molecular weight is 340 g/mol. The number of furan rings is 1. The Morgan fingerprint density at radius 1 is 1.24 bits per heavy atom. The fourth-order valence-electron chi connectivity index (χ4n) is 2.89. The fourth-order valence-corrected chi connectivity index (χ4v) is 2.89. The summed E-state index contributed by atoms with van der Waals surface area (Å²) >= 11 is 0. The number of hydrogen-bond acceptors (Lipinski definition) is 4. The van der Waals surface area contributed by atoms with E-state index in [1.165, 1.54) is 5.56 Å². The Morgan fingerprint density at radius 3 is 2.68 bits per heavy atom. The van der Waals surface area contributed by atoms with Crippen molar-refractivity contribution in [2.75, 3.05) is 32.8 Å². The standard InChI is InChI=1S/C20H24N2O3/c1-16-4-6-17(7-5-16)8-9-20(23)21-15-18(19-3-2-12-25-19)22-10-13-24-14-11-22/h2-9,12,18H,10-11,13-15H2,1H3,(H,21,23)/b9-8+. The van der Waals surface area contributed by atoms with Gasteiger partial charge in [-0.05, 0) is 30.7 Å². The Kier molecular flexibility index (Phi) is 6.04. The first-order chi connectivity index (χ1) is 12.2. The number of aryl methyl sites for hydroxylation is 1. The SMILES string of the molecule is Cc1ccc(/C=C/C(=O)NCC(c2ccco2)N2CCOCC2)cc1. The van der Waals surface area contributed by atoms with Crippen LogP contribution in [0.3, 0.4) is 0 Å². The van der Waals surface area contributed by atoms with E-state index in [1.54, 1.807) is 12.3 Å². The van der Waals surface area contributed by atoms with Crippen LogP contribution in [0.4, 0.5) is 0 Å². The molecule has 0 saturated carbocycles. The van der Waals surface area contributed by atoms with E-state index in [9.17, 15) is 4.79 Å². The predicted octanol–water partition coefficient (Wildman–Crippen LogP) is 2.79. The predicted molar refractivity (Wildman–Crippen MR) is 97.1 cm³/mol. The van der Waals surface area contributed by atoms with Gasteiger partial charge in [-0.25, -0.2) is 0 Å². The second-order valence-corrected chi connectivity index (χ2v) is 6.17. The van der Waals surface area contributed by atoms with Crippen molar-refractivity contribution in [3.8, 4) is 0 Å². The quantitative estimate of drug-likeness (QED) is 0.822. The molecule has 1 amide bonds. The van der Waals surface area contributed by atoms with Gasteiger partial charge in [0.05, 0.1) is 25.5 Å². The third kappa shape index (κ3) is 5.05. The van der Waals surface area contributed by atoms with E-state index in [-0.39, 0.29) is 11.9 Å². The van der Waals surface area contributed by atoms with Gasteiger partial charge in [-0.15, -0.1) is 0 Å². The molecule has 5 nitrogen and oxygen atoms in total. The summed E-state index contributed by atoms with van der Waals surface area (Å²) in [6, 6.07) is 11.9. The average Bonchev–Trinajstić information content (AvgIpc) is 3.17. The molecule has 1 aromatic carbocycles. The third-order valence-electron chi connectivity index (χ3n) is 4.33. The molecule has 0 radical (unpaired) electrons. The summed E-state index contributed by atoms with van der Waals surface area (Å²) in [5.74, 6) is 0.759. The molecule has 0 spiro atoms. The lowest BCUT2D eigenvalue weighted by atomic mass is 10.1. The number of amides is 1. The molecule has 5 heteroatoms.